The van der Waals surface area contributed by atoms with E-state index in [1.165, 1.54) is 12.1 Å². The number of nitrogens with one attached hydrogen (secondary N) is 2. The van der Waals surface area contributed by atoms with Gasteiger partial charge in [-0.1, -0.05) is 31.9 Å². The summed E-state index contributed by atoms with van der Waals surface area (Å²) in [5, 5.41) is 13.8. The zero-order valence-electron chi connectivity index (χ0n) is 11.1. The summed E-state index contributed by atoms with van der Waals surface area (Å²) in [6.45, 7) is 2.00. The third-order valence-corrected chi connectivity index (χ3v) is 3.47. The Balaban J connectivity index is 2.38. The number of benzene rings is 1. The Morgan fingerprint density at radius 3 is 2.35 bits per heavy atom. The molecule has 0 spiro atoms. The van der Waals surface area contributed by atoms with Gasteiger partial charge in [-0.15, -0.1) is 0 Å². The molecule has 1 unspecified atom stereocenters. The van der Waals surface area contributed by atoms with Gasteiger partial charge in [0.15, 0.2) is 0 Å². The molecule has 3 N–H and O–H groups in total. The van der Waals surface area contributed by atoms with Gasteiger partial charge in [0.1, 0.15) is 5.54 Å². The lowest BCUT2D eigenvalue weighted by molar-refractivity contribution is -0.124. The topological polar surface area (TPSA) is 95.5 Å². The molecule has 3 amide bonds. The highest BCUT2D eigenvalue weighted by Crippen LogP contribution is 2.30. The first-order valence-corrected chi connectivity index (χ1v) is 6.47. The van der Waals surface area contributed by atoms with Crippen molar-refractivity contribution in [3.05, 3.63) is 35.4 Å². The van der Waals surface area contributed by atoms with E-state index in [-0.39, 0.29) is 11.5 Å². The van der Waals surface area contributed by atoms with Crippen molar-refractivity contribution >= 4 is 17.9 Å². The minimum Gasteiger partial charge on any atom is -0.478 e. The second-order valence-corrected chi connectivity index (χ2v) is 4.80. The van der Waals surface area contributed by atoms with Crippen LogP contribution in [0.3, 0.4) is 0 Å². The predicted octanol–water partition coefficient (Wildman–Crippen LogP) is 1.61. The fraction of sp³-hybridized carbons (Fsp3) is 0.357. The molecule has 6 nitrogen and oxygen atoms in total. The van der Waals surface area contributed by atoms with Gasteiger partial charge in [0.25, 0.3) is 5.91 Å². The second-order valence-electron chi connectivity index (χ2n) is 4.80. The maximum atomic E-state index is 12.1. The number of amides is 3. The van der Waals surface area contributed by atoms with E-state index in [1.54, 1.807) is 12.1 Å². The van der Waals surface area contributed by atoms with Gasteiger partial charge in [0.05, 0.1) is 5.56 Å². The maximum absolute atomic E-state index is 12.1. The summed E-state index contributed by atoms with van der Waals surface area (Å²) in [4.78, 5) is 34.4. The standard InChI is InChI=1S/C14H16N2O4/c1-2-3-8-14(12(19)15-13(20)16-14)10-6-4-9(5-7-10)11(17)18/h4-7H,2-3,8H2,1H3,(H,17,18)(H2,15,16,19,20). The first kappa shape index (κ1) is 14.0. The molecular weight excluding hydrogens is 260 g/mol. The Bertz CT molecular complexity index is 553. The van der Waals surface area contributed by atoms with E-state index < -0.39 is 17.5 Å². The van der Waals surface area contributed by atoms with E-state index in [0.717, 1.165) is 12.8 Å². The van der Waals surface area contributed by atoms with Crippen molar-refractivity contribution in [1.82, 2.24) is 10.6 Å². The Labute approximate surface area is 116 Å². The molecule has 0 aromatic heterocycles. The molecule has 1 fully saturated rings. The second kappa shape index (κ2) is 5.32. The summed E-state index contributed by atoms with van der Waals surface area (Å²) in [6.07, 6.45) is 2.14. The highest BCUT2D eigenvalue weighted by atomic mass is 16.4. The first-order chi connectivity index (χ1) is 9.49. The van der Waals surface area contributed by atoms with Crippen LogP contribution in [0.2, 0.25) is 0 Å². The van der Waals surface area contributed by atoms with Crippen LogP contribution in [0, 0.1) is 0 Å². The molecule has 0 saturated carbocycles. The third kappa shape index (κ3) is 2.36. The molecule has 1 heterocycles. The first-order valence-electron chi connectivity index (χ1n) is 6.47. The van der Waals surface area contributed by atoms with Crippen molar-refractivity contribution in [2.75, 3.05) is 0 Å². The van der Waals surface area contributed by atoms with Crippen molar-refractivity contribution in [3.63, 3.8) is 0 Å². The lowest BCUT2D eigenvalue weighted by Crippen LogP contribution is -2.43. The van der Waals surface area contributed by atoms with E-state index in [4.69, 9.17) is 5.11 Å². The highest BCUT2D eigenvalue weighted by molar-refractivity contribution is 6.07. The maximum Gasteiger partial charge on any atom is 0.335 e. The van der Waals surface area contributed by atoms with Crippen LogP contribution in [0.1, 0.15) is 42.1 Å². The Hall–Kier alpha value is -2.37. The van der Waals surface area contributed by atoms with E-state index in [1.807, 2.05) is 6.92 Å². The normalized spacial score (nSPS) is 21.4. The summed E-state index contributed by atoms with van der Waals surface area (Å²) in [5.74, 6) is -1.42. The minimum atomic E-state index is -1.09. The van der Waals surface area contributed by atoms with Crippen molar-refractivity contribution in [3.8, 4) is 0 Å². The predicted molar refractivity (Wildman–Crippen MR) is 71.3 cm³/mol. The summed E-state index contributed by atoms with van der Waals surface area (Å²) in [5.41, 5.74) is -0.354. The summed E-state index contributed by atoms with van der Waals surface area (Å²) in [7, 11) is 0. The van der Waals surface area contributed by atoms with Crippen LogP contribution in [0.15, 0.2) is 24.3 Å². The lowest BCUT2D eigenvalue weighted by Gasteiger charge is -2.26. The van der Waals surface area contributed by atoms with E-state index in [9.17, 15) is 14.4 Å². The zero-order valence-corrected chi connectivity index (χ0v) is 11.1. The van der Waals surface area contributed by atoms with Crippen LogP contribution >= 0.6 is 0 Å². The molecule has 0 aliphatic carbocycles. The average molecular weight is 276 g/mol. The van der Waals surface area contributed by atoms with Gasteiger partial charge < -0.3 is 10.4 Å². The molecule has 1 atom stereocenters. The molecule has 20 heavy (non-hydrogen) atoms. The van der Waals surface area contributed by atoms with Gasteiger partial charge in [-0.3, -0.25) is 10.1 Å². The van der Waals surface area contributed by atoms with Crippen LogP contribution < -0.4 is 10.6 Å². The molecule has 1 aromatic rings. The molecule has 1 saturated heterocycles. The summed E-state index contributed by atoms with van der Waals surface area (Å²) < 4.78 is 0. The number of urea groups is 1. The van der Waals surface area contributed by atoms with Crippen molar-refractivity contribution < 1.29 is 19.5 Å². The SMILES string of the molecule is CCCCC1(c2ccc(C(=O)O)cc2)NC(=O)NC1=O. The largest absolute Gasteiger partial charge is 0.478 e. The van der Waals surface area contributed by atoms with Gasteiger partial charge in [0, 0.05) is 0 Å². The number of imide groups is 1. The summed E-state index contributed by atoms with van der Waals surface area (Å²) >= 11 is 0. The minimum absolute atomic E-state index is 0.143. The molecule has 0 bridgehead atoms. The monoisotopic (exact) mass is 276 g/mol. The van der Waals surface area contributed by atoms with Crippen molar-refractivity contribution in [1.29, 1.82) is 0 Å². The molecule has 2 rings (SSSR count). The van der Waals surface area contributed by atoms with E-state index >= 15 is 0 Å². The van der Waals surface area contributed by atoms with Gasteiger partial charge in [-0.05, 0) is 24.1 Å². The summed E-state index contributed by atoms with van der Waals surface area (Å²) in [6, 6.07) is 5.49. The fourth-order valence-electron chi connectivity index (χ4n) is 2.35. The van der Waals surface area contributed by atoms with Crippen LogP contribution in [-0.2, 0) is 10.3 Å². The lowest BCUT2D eigenvalue weighted by atomic mass is 9.84. The van der Waals surface area contributed by atoms with Crippen LogP contribution in [0.4, 0.5) is 4.79 Å². The van der Waals surface area contributed by atoms with Gasteiger partial charge in [-0.2, -0.15) is 0 Å². The van der Waals surface area contributed by atoms with Gasteiger partial charge in [-0.25, -0.2) is 9.59 Å². The average Bonchev–Trinajstić information content (AvgIpc) is 2.72. The van der Waals surface area contributed by atoms with Crippen LogP contribution in [-0.4, -0.2) is 23.0 Å². The molecule has 1 aliphatic rings. The number of carbonyl (C=O) groups excluding carboxylic acids is 2. The third-order valence-electron chi connectivity index (χ3n) is 3.47. The number of unbranched alkanes of at least 4 members (excludes halogenated alkanes) is 1. The number of rotatable bonds is 5. The molecular formula is C14H16N2O4. The Morgan fingerprint density at radius 2 is 1.90 bits per heavy atom. The van der Waals surface area contributed by atoms with Crippen molar-refractivity contribution in [2.24, 2.45) is 0 Å². The number of aromatic carboxylic acids is 1. The van der Waals surface area contributed by atoms with E-state index in [0.29, 0.717) is 12.0 Å². The fourth-order valence-corrected chi connectivity index (χ4v) is 2.35. The number of carboxylic acid groups (broad SMARTS) is 1. The smallest absolute Gasteiger partial charge is 0.335 e. The number of hydrogen-bond donors (Lipinski definition) is 3. The number of carboxylic acids is 1. The van der Waals surface area contributed by atoms with Crippen molar-refractivity contribution in [2.45, 2.75) is 31.7 Å². The highest BCUT2D eigenvalue weighted by Gasteiger charge is 2.46. The quantitative estimate of drug-likeness (QED) is 0.712. The van der Waals surface area contributed by atoms with Gasteiger partial charge >= 0.3 is 12.0 Å². The Morgan fingerprint density at radius 1 is 1.25 bits per heavy atom. The zero-order chi connectivity index (χ0) is 14.8. The van der Waals surface area contributed by atoms with Crippen LogP contribution in [0.5, 0.6) is 0 Å². The molecule has 1 aromatic carbocycles. The molecule has 0 radical (unpaired) electrons. The van der Waals surface area contributed by atoms with Crippen LogP contribution in [0.25, 0.3) is 0 Å². The van der Waals surface area contributed by atoms with Gasteiger partial charge in [0.2, 0.25) is 0 Å². The molecule has 1 aliphatic heterocycles. The molecule has 6 heteroatoms. The Kier molecular flexibility index (Phi) is 3.74. The number of carbonyl (C=O) groups is 3. The molecule has 106 valence electrons. The number of hydrogen-bond acceptors (Lipinski definition) is 3. The van der Waals surface area contributed by atoms with E-state index in [2.05, 4.69) is 10.6 Å².